The summed E-state index contributed by atoms with van der Waals surface area (Å²) in [6.45, 7) is 4.08. The van der Waals surface area contributed by atoms with Crippen LogP contribution in [0.15, 0.2) is 24.3 Å². The van der Waals surface area contributed by atoms with E-state index in [9.17, 15) is 0 Å². The number of aryl methyl sites for hydroxylation is 1. The van der Waals surface area contributed by atoms with Gasteiger partial charge < -0.3 is 15.2 Å². The Balaban J connectivity index is 0.000000745. The van der Waals surface area contributed by atoms with E-state index in [1.165, 1.54) is 44.1 Å². The number of nitrogens with one attached hydrogen (secondary N) is 1. The highest BCUT2D eigenvalue weighted by molar-refractivity contribution is 5.32. The van der Waals surface area contributed by atoms with E-state index in [1.807, 2.05) is 0 Å². The summed E-state index contributed by atoms with van der Waals surface area (Å²) < 4.78 is 5.93. The van der Waals surface area contributed by atoms with Crippen molar-refractivity contribution in [2.45, 2.75) is 58.0 Å². The molecule has 1 aromatic carbocycles. The molecule has 0 saturated carbocycles. The van der Waals surface area contributed by atoms with Gasteiger partial charge in [-0.3, -0.25) is 4.79 Å². The Hall–Kier alpha value is -1.55. The molecule has 1 saturated heterocycles. The average Bonchev–Trinajstić information content (AvgIpc) is 3.02. The Morgan fingerprint density at radius 1 is 1.23 bits per heavy atom. The van der Waals surface area contributed by atoms with Crippen molar-refractivity contribution < 1.29 is 14.6 Å². The van der Waals surface area contributed by atoms with Crippen molar-refractivity contribution in [2.75, 3.05) is 13.1 Å². The van der Waals surface area contributed by atoms with Crippen LogP contribution in [0.5, 0.6) is 5.75 Å². The van der Waals surface area contributed by atoms with E-state index in [-0.39, 0.29) is 6.47 Å². The minimum Gasteiger partial charge on any atom is -0.489 e. The summed E-state index contributed by atoms with van der Waals surface area (Å²) in [6.07, 6.45) is 9.44. The third kappa shape index (κ3) is 8.03. The molecule has 0 radical (unpaired) electrons. The zero-order valence-electron chi connectivity index (χ0n) is 13.6. The average molecular weight is 307 g/mol. The topological polar surface area (TPSA) is 58.6 Å². The van der Waals surface area contributed by atoms with E-state index in [0.717, 1.165) is 25.3 Å². The number of carbonyl (C=O) groups is 1. The van der Waals surface area contributed by atoms with Gasteiger partial charge in [-0.05, 0) is 43.5 Å². The van der Waals surface area contributed by atoms with Gasteiger partial charge in [0.15, 0.2) is 0 Å². The molecule has 1 aromatic rings. The summed E-state index contributed by atoms with van der Waals surface area (Å²) in [5.41, 5.74) is 1.44. The number of unbranched alkanes of at least 4 members (excludes halogenated alkanes) is 4. The second-order valence-electron chi connectivity index (χ2n) is 5.65. The summed E-state index contributed by atoms with van der Waals surface area (Å²) in [6, 6.07) is 8.69. The zero-order valence-corrected chi connectivity index (χ0v) is 13.6. The molecule has 1 atom stereocenters. The fourth-order valence-electron chi connectivity index (χ4n) is 2.59. The van der Waals surface area contributed by atoms with Crippen LogP contribution in [0.4, 0.5) is 0 Å². The number of hydrogen-bond donors (Lipinski definition) is 2. The monoisotopic (exact) mass is 307 g/mol. The fraction of sp³-hybridized carbons (Fsp3) is 0.611. The normalized spacial score (nSPS) is 16.7. The molecule has 0 bridgehead atoms. The molecule has 1 fully saturated rings. The summed E-state index contributed by atoms with van der Waals surface area (Å²) >= 11 is 0. The Bertz CT molecular complexity index is 386. The van der Waals surface area contributed by atoms with E-state index in [1.54, 1.807) is 0 Å². The zero-order chi connectivity index (χ0) is 16.0. The fourth-order valence-corrected chi connectivity index (χ4v) is 2.59. The standard InChI is InChI=1S/C17H27NO.CH2O2/c1-2-3-4-5-6-7-15-8-10-16(11-9-15)19-17-12-13-18-14-17;2-1-3/h8-11,17-18H,2-7,12-14H2,1H3;1H,(H,2,3). The van der Waals surface area contributed by atoms with Gasteiger partial charge in [-0.15, -0.1) is 0 Å². The van der Waals surface area contributed by atoms with Crippen LogP contribution in [-0.4, -0.2) is 30.8 Å². The van der Waals surface area contributed by atoms with Gasteiger partial charge in [0.05, 0.1) is 0 Å². The van der Waals surface area contributed by atoms with Crippen molar-refractivity contribution >= 4 is 6.47 Å². The highest BCUT2D eigenvalue weighted by Gasteiger charge is 2.15. The minimum atomic E-state index is -0.250. The lowest BCUT2D eigenvalue weighted by molar-refractivity contribution is -0.122. The molecular formula is C18H29NO3. The van der Waals surface area contributed by atoms with E-state index in [4.69, 9.17) is 14.6 Å². The van der Waals surface area contributed by atoms with Crippen molar-refractivity contribution in [3.8, 4) is 5.75 Å². The number of carboxylic acid groups (broad SMARTS) is 1. The molecule has 0 aliphatic carbocycles. The lowest BCUT2D eigenvalue weighted by atomic mass is 10.1. The van der Waals surface area contributed by atoms with Crippen LogP contribution in [-0.2, 0) is 11.2 Å². The molecule has 0 aromatic heterocycles. The molecule has 0 amide bonds. The first kappa shape index (κ1) is 18.5. The Morgan fingerprint density at radius 3 is 2.50 bits per heavy atom. The third-order valence-corrected chi connectivity index (χ3v) is 3.81. The van der Waals surface area contributed by atoms with E-state index >= 15 is 0 Å². The first-order valence-electron chi connectivity index (χ1n) is 8.34. The highest BCUT2D eigenvalue weighted by Crippen LogP contribution is 2.17. The molecule has 4 heteroatoms. The van der Waals surface area contributed by atoms with Gasteiger partial charge in [0.1, 0.15) is 11.9 Å². The first-order chi connectivity index (χ1) is 10.8. The van der Waals surface area contributed by atoms with Crippen LogP contribution in [0.2, 0.25) is 0 Å². The Morgan fingerprint density at radius 2 is 1.91 bits per heavy atom. The number of hydrogen-bond acceptors (Lipinski definition) is 3. The van der Waals surface area contributed by atoms with E-state index in [2.05, 4.69) is 36.5 Å². The summed E-state index contributed by atoms with van der Waals surface area (Å²) in [4.78, 5) is 8.36. The SMILES string of the molecule is CCCCCCCc1ccc(OC2CCNC2)cc1.O=CO. The molecular weight excluding hydrogens is 278 g/mol. The summed E-state index contributed by atoms with van der Waals surface area (Å²) in [7, 11) is 0. The molecule has 2 N–H and O–H groups in total. The van der Waals surface area contributed by atoms with Gasteiger partial charge in [0.2, 0.25) is 0 Å². The second-order valence-corrected chi connectivity index (χ2v) is 5.65. The summed E-state index contributed by atoms with van der Waals surface area (Å²) in [5, 5.41) is 10.2. The van der Waals surface area contributed by atoms with Crippen molar-refractivity contribution in [1.29, 1.82) is 0 Å². The van der Waals surface area contributed by atoms with Crippen LogP contribution >= 0.6 is 0 Å². The van der Waals surface area contributed by atoms with Crippen molar-refractivity contribution in [3.05, 3.63) is 29.8 Å². The molecule has 4 nitrogen and oxygen atoms in total. The van der Waals surface area contributed by atoms with Gasteiger partial charge in [-0.2, -0.15) is 0 Å². The van der Waals surface area contributed by atoms with Crippen LogP contribution in [0.1, 0.15) is 51.0 Å². The van der Waals surface area contributed by atoms with Crippen LogP contribution in [0, 0.1) is 0 Å². The molecule has 124 valence electrons. The molecule has 22 heavy (non-hydrogen) atoms. The number of ether oxygens (including phenoxy) is 1. The van der Waals surface area contributed by atoms with E-state index < -0.39 is 0 Å². The quantitative estimate of drug-likeness (QED) is 0.568. The van der Waals surface area contributed by atoms with E-state index in [0.29, 0.717) is 6.10 Å². The maximum Gasteiger partial charge on any atom is 0.290 e. The maximum atomic E-state index is 8.36. The predicted octanol–water partition coefficient (Wildman–Crippen LogP) is 3.64. The molecule has 1 aliphatic heterocycles. The lowest BCUT2D eigenvalue weighted by Gasteiger charge is -2.12. The summed E-state index contributed by atoms with van der Waals surface area (Å²) in [5.74, 6) is 1.02. The molecule has 1 heterocycles. The van der Waals surface area contributed by atoms with Crippen LogP contribution in [0.25, 0.3) is 0 Å². The largest absolute Gasteiger partial charge is 0.489 e. The number of benzene rings is 1. The van der Waals surface area contributed by atoms with Gasteiger partial charge in [0, 0.05) is 6.54 Å². The van der Waals surface area contributed by atoms with Crippen molar-refractivity contribution in [3.63, 3.8) is 0 Å². The minimum absolute atomic E-state index is 0.250. The van der Waals surface area contributed by atoms with Crippen molar-refractivity contribution in [1.82, 2.24) is 5.32 Å². The molecule has 2 rings (SSSR count). The van der Waals surface area contributed by atoms with Gasteiger partial charge in [-0.1, -0.05) is 44.7 Å². The predicted molar refractivity (Wildman–Crippen MR) is 89.5 cm³/mol. The van der Waals surface area contributed by atoms with Gasteiger partial charge in [0.25, 0.3) is 6.47 Å². The Kier molecular flexibility index (Phi) is 10.1. The molecule has 1 aliphatic rings. The Labute approximate surface area is 133 Å². The first-order valence-corrected chi connectivity index (χ1v) is 8.34. The lowest BCUT2D eigenvalue weighted by Crippen LogP contribution is -2.19. The van der Waals surface area contributed by atoms with Gasteiger partial charge >= 0.3 is 0 Å². The maximum absolute atomic E-state index is 8.36. The second kappa shape index (κ2) is 12.0. The van der Waals surface area contributed by atoms with Crippen LogP contribution < -0.4 is 10.1 Å². The number of rotatable bonds is 8. The van der Waals surface area contributed by atoms with Crippen LogP contribution in [0.3, 0.4) is 0 Å². The smallest absolute Gasteiger partial charge is 0.290 e. The van der Waals surface area contributed by atoms with Gasteiger partial charge in [-0.25, -0.2) is 0 Å². The highest BCUT2D eigenvalue weighted by atomic mass is 16.5. The third-order valence-electron chi connectivity index (χ3n) is 3.81. The molecule has 0 spiro atoms. The van der Waals surface area contributed by atoms with Crippen molar-refractivity contribution in [2.24, 2.45) is 0 Å². The molecule has 1 unspecified atom stereocenters.